The predicted octanol–water partition coefficient (Wildman–Crippen LogP) is 3.75. The Morgan fingerprint density at radius 1 is 1.06 bits per heavy atom. The number of primary amides is 1. The number of anilines is 1. The van der Waals surface area contributed by atoms with Gasteiger partial charge in [-0.25, -0.2) is 0 Å². The number of amidine groups is 2. The maximum atomic E-state index is 11.8. The summed E-state index contributed by atoms with van der Waals surface area (Å²) in [6, 6.07) is 9.80. The molecule has 6 N–H and O–H groups in total. The molecule has 2 aromatic carbocycles. The Morgan fingerprint density at radius 3 is 2.09 bits per heavy atom. The molecule has 2 rings (SSSR count). The third-order valence-corrected chi connectivity index (χ3v) is 5.46. The van der Waals surface area contributed by atoms with Gasteiger partial charge in [-0.15, -0.1) is 0 Å². The van der Waals surface area contributed by atoms with Crippen LogP contribution < -0.4 is 10.6 Å². The van der Waals surface area contributed by atoms with Crippen molar-refractivity contribution < 1.29 is 15.0 Å². The SMILES string of the molecule is CC(C)c1cc(C(=N)N(C(=N)C(N)=O)c2ccc(CN(C)C(C)(C)C)cc2)c(O)cc1O. The van der Waals surface area contributed by atoms with Gasteiger partial charge in [-0.3, -0.25) is 25.4 Å². The molecule has 0 saturated heterocycles. The van der Waals surface area contributed by atoms with Crippen LogP contribution in [0.1, 0.15) is 57.2 Å². The Bertz CT molecular complexity index is 1020. The average Bonchev–Trinajstić information content (AvgIpc) is 2.68. The van der Waals surface area contributed by atoms with Crippen LogP contribution in [0.15, 0.2) is 36.4 Å². The third-order valence-electron chi connectivity index (χ3n) is 5.46. The van der Waals surface area contributed by atoms with Crippen molar-refractivity contribution in [2.24, 2.45) is 5.73 Å². The molecule has 0 bridgehead atoms. The molecule has 0 unspecified atom stereocenters. The van der Waals surface area contributed by atoms with Gasteiger partial charge in [0.1, 0.15) is 17.3 Å². The second kappa shape index (κ2) is 9.40. The Balaban J connectivity index is 2.48. The number of nitrogens with zero attached hydrogens (tertiary/aromatic N) is 2. The maximum absolute atomic E-state index is 11.8. The van der Waals surface area contributed by atoms with Gasteiger partial charge in [0.15, 0.2) is 5.84 Å². The monoisotopic (exact) mass is 439 g/mol. The van der Waals surface area contributed by atoms with Gasteiger partial charge in [0.2, 0.25) is 0 Å². The van der Waals surface area contributed by atoms with E-state index in [1.165, 1.54) is 6.07 Å². The van der Waals surface area contributed by atoms with E-state index in [4.69, 9.17) is 16.6 Å². The van der Waals surface area contributed by atoms with Gasteiger partial charge >= 0.3 is 0 Å². The Morgan fingerprint density at radius 2 is 1.62 bits per heavy atom. The summed E-state index contributed by atoms with van der Waals surface area (Å²) >= 11 is 0. The molecule has 8 nitrogen and oxygen atoms in total. The zero-order valence-electron chi connectivity index (χ0n) is 19.5. The van der Waals surface area contributed by atoms with Crippen LogP contribution in [0.4, 0.5) is 5.69 Å². The summed E-state index contributed by atoms with van der Waals surface area (Å²) in [6.45, 7) is 10.8. The van der Waals surface area contributed by atoms with Gasteiger partial charge in [0, 0.05) is 23.8 Å². The van der Waals surface area contributed by atoms with E-state index in [-0.39, 0.29) is 34.4 Å². The van der Waals surface area contributed by atoms with Crippen molar-refractivity contribution in [3.8, 4) is 11.5 Å². The first-order chi connectivity index (χ1) is 14.7. The second-order valence-corrected chi connectivity index (χ2v) is 9.17. The Labute approximate surface area is 189 Å². The van der Waals surface area contributed by atoms with Crippen molar-refractivity contribution in [2.45, 2.75) is 52.6 Å². The van der Waals surface area contributed by atoms with Crippen LogP contribution in [0, 0.1) is 10.8 Å². The minimum Gasteiger partial charge on any atom is -0.508 e. The minimum absolute atomic E-state index is 0.00849. The number of phenols is 2. The summed E-state index contributed by atoms with van der Waals surface area (Å²) in [5.41, 5.74) is 7.38. The fourth-order valence-electron chi connectivity index (χ4n) is 3.11. The van der Waals surface area contributed by atoms with E-state index in [2.05, 4.69) is 25.7 Å². The van der Waals surface area contributed by atoms with Crippen LogP contribution in [-0.2, 0) is 11.3 Å². The van der Waals surface area contributed by atoms with Crippen molar-refractivity contribution >= 4 is 23.3 Å². The zero-order chi connectivity index (χ0) is 24.4. The van der Waals surface area contributed by atoms with Crippen molar-refractivity contribution in [2.75, 3.05) is 11.9 Å². The summed E-state index contributed by atoms with van der Waals surface area (Å²) < 4.78 is 0. The first-order valence-corrected chi connectivity index (χ1v) is 10.4. The molecule has 0 aliphatic carbocycles. The molecule has 0 aliphatic rings. The number of benzene rings is 2. The van der Waals surface area contributed by atoms with Gasteiger partial charge < -0.3 is 15.9 Å². The molecule has 0 aromatic heterocycles. The number of amides is 1. The number of hydrogen-bond donors (Lipinski definition) is 5. The van der Waals surface area contributed by atoms with E-state index in [0.717, 1.165) is 16.5 Å². The highest BCUT2D eigenvalue weighted by Crippen LogP contribution is 2.33. The number of carbonyl (C=O) groups is 1. The number of rotatable bonds is 5. The fourth-order valence-corrected chi connectivity index (χ4v) is 3.11. The van der Waals surface area contributed by atoms with Crippen LogP contribution in [0.2, 0.25) is 0 Å². The molecule has 1 amide bonds. The summed E-state index contributed by atoms with van der Waals surface area (Å²) in [5, 5.41) is 37.4. The molecular weight excluding hydrogens is 406 g/mol. The number of carbonyl (C=O) groups excluding carboxylic acids is 1. The average molecular weight is 440 g/mol. The highest BCUT2D eigenvalue weighted by Gasteiger charge is 2.26. The maximum Gasteiger partial charge on any atom is 0.284 e. The molecule has 0 spiro atoms. The smallest absolute Gasteiger partial charge is 0.284 e. The number of phenolic OH excluding ortho intramolecular Hbond substituents is 2. The first-order valence-electron chi connectivity index (χ1n) is 10.4. The quantitative estimate of drug-likeness (QED) is 0.357. The number of nitrogens with one attached hydrogen (secondary N) is 2. The summed E-state index contributed by atoms with van der Waals surface area (Å²) in [7, 11) is 2.03. The highest BCUT2D eigenvalue weighted by atomic mass is 16.3. The van der Waals surface area contributed by atoms with Crippen LogP contribution in [0.3, 0.4) is 0 Å². The lowest BCUT2D eigenvalue weighted by Crippen LogP contribution is -2.44. The van der Waals surface area contributed by atoms with Crippen molar-refractivity contribution in [1.82, 2.24) is 4.90 Å². The first kappa shape index (κ1) is 24.9. The Hall–Kier alpha value is -3.39. The van der Waals surface area contributed by atoms with Gasteiger partial charge in [-0.05, 0) is 63.1 Å². The highest BCUT2D eigenvalue weighted by molar-refractivity contribution is 6.47. The molecule has 2 aromatic rings. The van der Waals surface area contributed by atoms with E-state index < -0.39 is 11.7 Å². The molecule has 0 aliphatic heterocycles. The minimum atomic E-state index is -1.01. The molecule has 0 saturated carbocycles. The number of nitrogens with two attached hydrogens (primary N) is 1. The summed E-state index contributed by atoms with van der Waals surface area (Å²) in [5.74, 6) is -2.39. The van der Waals surface area contributed by atoms with Crippen molar-refractivity contribution in [3.05, 3.63) is 53.1 Å². The molecule has 0 fully saturated rings. The molecule has 0 atom stereocenters. The topological polar surface area (TPSA) is 138 Å². The van der Waals surface area contributed by atoms with E-state index in [0.29, 0.717) is 17.8 Å². The van der Waals surface area contributed by atoms with Gasteiger partial charge in [0.05, 0.1) is 5.56 Å². The number of aromatic hydroxyl groups is 2. The van der Waals surface area contributed by atoms with E-state index in [1.807, 2.05) is 33.0 Å². The van der Waals surface area contributed by atoms with Crippen LogP contribution in [-0.4, -0.2) is 45.3 Å². The van der Waals surface area contributed by atoms with Crippen LogP contribution in [0.25, 0.3) is 0 Å². The molecule has 172 valence electrons. The van der Waals surface area contributed by atoms with Crippen molar-refractivity contribution in [1.29, 1.82) is 10.8 Å². The van der Waals surface area contributed by atoms with Crippen LogP contribution in [0.5, 0.6) is 11.5 Å². The van der Waals surface area contributed by atoms with E-state index in [1.54, 1.807) is 12.1 Å². The number of hydrogen-bond acceptors (Lipinski definition) is 6. The lowest BCUT2D eigenvalue weighted by molar-refractivity contribution is -0.112. The predicted molar refractivity (Wildman–Crippen MR) is 128 cm³/mol. The second-order valence-electron chi connectivity index (χ2n) is 9.17. The summed E-state index contributed by atoms with van der Waals surface area (Å²) in [4.78, 5) is 15.1. The lowest BCUT2D eigenvalue weighted by Gasteiger charge is -2.32. The zero-order valence-corrected chi connectivity index (χ0v) is 19.5. The van der Waals surface area contributed by atoms with E-state index >= 15 is 0 Å². The standard InChI is InChI=1S/C24H33N5O3/c1-14(2)17-11-18(20(31)12-19(17)30)21(25)29(22(26)23(27)32)16-9-7-15(8-10-16)13-28(6)24(3,4)5/h7-12,14,25-26,30-31H,13H2,1-6H3,(H2,27,32). The molecule has 32 heavy (non-hydrogen) atoms. The largest absolute Gasteiger partial charge is 0.508 e. The lowest BCUT2D eigenvalue weighted by atomic mass is 9.98. The molecular formula is C24H33N5O3. The normalized spacial score (nSPS) is 11.6. The van der Waals surface area contributed by atoms with Gasteiger partial charge in [-0.1, -0.05) is 26.0 Å². The fraction of sp³-hybridized carbons (Fsp3) is 0.375. The molecule has 0 radical (unpaired) electrons. The van der Waals surface area contributed by atoms with Crippen molar-refractivity contribution in [3.63, 3.8) is 0 Å². The van der Waals surface area contributed by atoms with E-state index in [9.17, 15) is 15.0 Å². The third kappa shape index (κ3) is 5.45. The van der Waals surface area contributed by atoms with Gasteiger partial charge in [0.25, 0.3) is 5.91 Å². The van der Waals surface area contributed by atoms with Crippen LogP contribution >= 0.6 is 0 Å². The Kier molecular flexibility index (Phi) is 7.31. The summed E-state index contributed by atoms with van der Waals surface area (Å²) in [6.07, 6.45) is 0. The van der Waals surface area contributed by atoms with Gasteiger partial charge in [-0.2, -0.15) is 0 Å². The molecule has 0 heterocycles. The molecule has 8 heteroatoms.